The Kier molecular flexibility index (Phi) is 5.40. The lowest BCUT2D eigenvalue weighted by Crippen LogP contribution is -3.15. The van der Waals surface area contributed by atoms with Crippen LogP contribution >= 0.6 is 0 Å². The van der Waals surface area contributed by atoms with Gasteiger partial charge in [0.1, 0.15) is 0 Å². The summed E-state index contributed by atoms with van der Waals surface area (Å²) in [5, 5.41) is 13.7. The molecule has 2 N–H and O–H groups in total. The highest BCUT2D eigenvalue weighted by Gasteiger charge is 2.38. The summed E-state index contributed by atoms with van der Waals surface area (Å²) in [6, 6.07) is 15.8. The Morgan fingerprint density at radius 2 is 1.75 bits per heavy atom. The van der Waals surface area contributed by atoms with Crippen molar-refractivity contribution in [1.29, 1.82) is 0 Å². The van der Waals surface area contributed by atoms with Gasteiger partial charge < -0.3 is 24.3 Å². The van der Waals surface area contributed by atoms with Crippen LogP contribution in [0.25, 0.3) is 10.9 Å². The average Bonchev–Trinajstić information content (AvgIpc) is 3.54. The molecule has 4 heterocycles. The maximum Gasteiger partial charge on any atom is 0.258 e. The molecule has 0 amide bonds. The first kappa shape index (κ1) is 22.5. The number of aromatic nitrogens is 5. The monoisotopic (exact) mass is 488 g/mol. The van der Waals surface area contributed by atoms with E-state index in [9.17, 15) is 4.79 Å². The molecular weight excluding hydrogens is 458 g/mol. The molecule has 10 nitrogen and oxygen atoms in total. The minimum Gasteiger partial charge on any atom is -0.454 e. The van der Waals surface area contributed by atoms with Gasteiger partial charge in [0.15, 0.2) is 17.5 Å². The Morgan fingerprint density at radius 1 is 1.03 bits per heavy atom. The zero-order valence-corrected chi connectivity index (χ0v) is 20.7. The van der Waals surface area contributed by atoms with Gasteiger partial charge >= 0.3 is 0 Å². The molecule has 10 heteroatoms. The Labute approximate surface area is 208 Å². The smallest absolute Gasteiger partial charge is 0.258 e. The standard InChI is InChI=1S/C26H29N7O3/c1-26(2,3)33-24(28-29-30-33)23(32-11-9-31(10-12-32)18-7-5-4-6-8-18)19-13-17-14-21-22(36-16-35-21)15-20(17)27-25(19)34/h4-8,13-15,23H,9-12,16H2,1-3H3,(H,27,34)/p+1/t23-/m0/s1. The fraction of sp³-hybridized carbons (Fsp3) is 0.385. The molecule has 0 aliphatic carbocycles. The van der Waals surface area contributed by atoms with Crippen LogP contribution in [0.1, 0.15) is 38.2 Å². The van der Waals surface area contributed by atoms with Crippen LogP contribution in [0, 0.1) is 0 Å². The first-order valence-corrected chi connectivity index (χ1v) is 12.3. The summed E-state index contributed by atoms with van der Waals surface area (Å²) in [7, 11) is 0. The van der Waals surface area contributed by atoms with E-state index in [0.717, 1.165) is 31.6 Å². The average molecular weight is 489 g/mol. The van der Waals surface area contributed by atoms with Crippen LogP contribution < -0.4 is 24.8 Å². The van der Waals surface area contributed by atoms with E-state index in [2.05, 4.69) is 70.4 Å². The van der Waals surface area contributed by atoms with Crippen molar-refractivity contribution in [1.82, 2.24) is 25.2 Å². The third kappa shape index (κ3) is 3.97. The van der Waals surface area contributed by atoms with Crippen molar-refractivity contribution in [2.24, 2.45) is 0 Å². The summed E-state index contributed by atoms with van der Waals surface area (Å²) in [5.74, 6) is 2.01. The third-order valence-electron chi connectivity index (χ3n) is 7.00. The van der Waals surface area contributed by atoms with Crippen molar-refractivity contribution in [2.45, 2.75) is 32.4 Å². The fourth-order valence-electron chi connectivity index (χ4n) is 5.20. The molecule has 6 rings (SSSR count). The van der Waals surface area contributed by atoms with Crippen LogP contribution in [-0.4, -0.2) is 58.2 Å². The van der Waals surface area contributed by atoms with Gasteiger partial charge in [-0.25, -0.2) is 4.68 Å². The summed E-state index contributed by atoms with van der Waals surface area (Å²) in [5.41, 5.74) is 2.09. The van der Waals surface area contributed by atoms with Gasteiger partial charge in [-0.2, -0.15) is 0 Å². The Hall–Kier alpha value is -3.92. The number of hydrogen-bond acceptors (Lipinski definition) is 7. The number of nitrogens with one attached hydrogen (secondary N) is 2. The lowest BCUT2D eigenvalue weighted by Gasteiger charge is -2.37. The zero-order valence-electron chi connectivity index (χ0n) is 20.7. The molecule has 0 spiro atoms. The summed E-state index contributed by atoms with van der Waals surface area (Å²) in [6.07, 6.45) is 0. The molecule has 0 bridgehead atoms. The second-order valence-corrected chi connectivity index (χ2v) is 10.4. The first-order chi connectivity index (χ1) is 17.4. The minimum absolute atomic E-state index is 0.146. The number of quaternary nitrogens is 1. The second kappa shape index (κ2) is 8.63. The van der Waals surface area contributed by atoms with Gasteiger partial charge in [-0.15, -0.1) is 5.10 Å². The number of tetrazole rings is 1. The Bertz CT molecular complexity index is 1450. The fourth-order valence-corrected chi connectivity index (χ4v) is 5.20. The lowest BCUT2D eigenvalue weighted by atomic mass is 10.0. The maximum absolute atomic E-state index is 13.5. The molecule has 2 aliphatic rings. The number of nitrogens with zero attached hydrogens (tertiary/aromatic N) is 5. The van der Waals surface area contributed by atoms with Crippen molar-refractivity contribution in [3.63, 3.8) is 0 Å². The van der Waals surface area contributed by atoms with Gasteiger partial charge in [0.2, 0.25) is 12.6 Å². The molecular formula is C26H30N7O3+. The van der Waals surface area contributed by atoms with Crippen molar-refractivity contribution in [3.05, 3.63) is 70.3 Å². The Morgan fingerprint density at radius 3 is 2.47 bits per heavy atom. The number of piperazine rings is 1. The van der Waals surface area contributed by atoms with Crippen molar-refractivity contribution >= 4 is 16.6 Å². The zero-order chi connectivity index (χ0) is 24.9. The second-order valence-electron chi connectivity index (χ2n) is 10.4. The van der Waals surface area contributed by atoms with E-state index in [0.29, 0.717) is 28.4 Å². The van der Waals surface area contributed by atoms with E-state index in [1.54, 1.807) is 0 Å². The highest BCUT2D eigenvalue weighted by molar-refractivity contribution is 5.83. The summed E-state index contributed by atoms with van der Waals surface area (Å²) < 4.78 is 12.9. The van der Waals surface area contributed by atoms with E-state index in [1.165, 1.54) is 10.6 Å². The number of anilines is 1. The molecule has 4 aromatic rings. The number of aromatic amines is 1. The van der Waals surface area contributed by atoms with Gasteiger partial charge in [-0.1, -0.05) is 18.2 Å². The van der Waals surface area contributed by atoms with E-state index < -0.39 is 0 Å². The molecule has 1 saturated heterocycles. The number of pyridine rings is 1. The van der Waals surface area contributed by atoms with Crippen LogP contribution in [0.5, 0.6) is 11.5 Å². The number of ether oxygens (including phenoxy) is 2. The predicted octanol–water partition coefficient (Wildman–Crippen LogP) is 1.49. The summed E-state index contributed by atoms with van der Waals surface area (Å²) in [4.78, 5) is 20.2. The third-order valence-corrected chi connectivity index (χ3v) is 7.00. The van der Waals surface area contributed by atoms with Crippen LogP contribution in [0.2, 0.25) is 0 Å². The largest absolute Gasteiger partial charge is 0.454 e. The van der Waals surface area contributed by atoms with Gasteiger partial charge in [0, 0.05) is 17.1 Å². The SMILES string of the molecule is CC(C)(C)n1nnnc1[C@H](c1cc2cc3c(cc2[nH]c1=O)OCO3)[NH+]1CCN(c2ccccc2)CC1. The highest BCUT2D eigenvalue weighted by atomic mass is 16.7. The summed E-state index contributed by atoms with van der Waals surface area (Å²) >= 11 is 0. The topological polar surface area (TPSA) is 103 Å². The van der Waals surface area contributed by atoms with E-state index in [4.69, 9.17) is 9.47 Å². The molecule has 0 saturated carbocycles. The molecule has 2 aromatic carbocycles. The van der Waals surface area contributed by atoms with E-state index >= 15 is 0 Å². The molecule has 0 unspecified atom stereocenters. The molecule has 1 atom stereocenters. The molecule has 2 aliphatic heterocycles. The maximum atomic E-state index is 13.5. The van der Waals surface area contributed by atoms with Crippen LogP contribution in [-0.2, 0) is 5.54 Å². The molecule has 186 valence electrons. The quantitative estimate of drug-likeness (QED) is 0.449. The number of benzene rings is 2. The number of rotatable bonds is 4. The van der Waals surface area contributed by atoms with Crippen LogP contribution in [0.15, 0.2) is 53.3 Å². The van der Waals surface area contributed by atoms with Crippen molar-refractivity contribution in [2.75, 3.05) is 37.9 Å². The van der Waals surface area contributed by atoms with Gasteiger partial charge in [0.25, 0.3) is 5.56 Å². The molecule has 2 aromatic heterocycles. The minimum atomic E-state index is -0.335. The number of H-pyrrole nitrogens is 1. The van der Waals surface area contributed by atoms with Gasteiger partial charge in [-0.3, -0.25) is 4.79 Å². The highest BCUT2D eigenvalue weighted by Crippen LogP contribution is 2.35. The van der Waals surface area contributed by atoms with Crippen molar-refractivity contribution in [3.8, 4) is 11.5 Å². The molecule has 0 radical (unpaired) electrons. The number of fused-ring (bicyclic) bond motifs is 2. The predicted molar refractivity (Wildman–Crippen MR) is 135 cm³/mol. The van der Waals surface area contributed by atoms with Crippen LogP contribution in [0.3, 0.4) is 0 Å². The number of para-hydroxylation sites is 1. The Balaban J connectivity index is 1.42. The van der Waals surface area contributed by atoms with Gasteiger partial charge in [0.05, 0.1) is 42.8 Å². The molecule has 1 fully saturated rings. The first-order valence-electron chi connectivity index (χ1n) is 12.3. The summed E-state index contributed by atoms with van der Waals surface area (Å²) in [6.45, 7) is 9.81. The normalized spacial score (nSPS) is 17.0. The van der Waals surface area contributed by atoms with E-state index in [-0.39, 0.29) is 23.9 Å². The van der Waals surface area contributed by atoms with E-state index in [1.807, 2.05) is 28.9 Å². The van der Waals surface area contributed by atoms with Crippen molar-refractivity contribution < 1.29 is 14.4 Å². The lowest BCUT2D eigenvalue weighted by molar-refractivity contribution is -0.927. The number of hydrogen-bond donors (Lipinski definition) is 2. The molecule has 36 heavy (non-hydrogen) atoms. The van der Waals surface area contributed by atoms with Gasteiger partial charge in [-0.05, 0) is 55.5 Å². The van der Waals surface area contributed by atoms with Crippen LogP contribution in [0.4, 0.5) is 5.69 Å².